The number of fused-ring (bicyclic) bond motifs is 2. The first-order valence-corrected chi connectivity index (χ1v) is 13.1. The highest BCUT2D eigenvalue weighted by Gasteiger charge is 2.43. The molecule has 194 valence electrons. The van der Waals surface area contributed by atoms with Crippen LogP contribution < -0.4 is 0 Å². The number of carboxylic acids is 1. The number of carboxylic acid groups (broad SMARTS) is 1. The number of H-pyrrole nitrogens is 1. The van der Waals surface area contributed by atoms with Crippen LogP contribution in [0.2, 0.25) is 0 Å². The van der Waals surface area contributed by atoms with E-state index in [0.717, 1.165) is 52.5 Å². The first kappa shape index (κ1) is 24.2. The Morgan fingerprint density at radius 1 is 1.03 bits per heavy atom. The monoisotopic (exact) mass is 510 g/mol. The molecule has 1 aliphatic carbocycles. The third-order valence-corrected chi connectivity index (χ3v) is 8.13. The molecule has 1 spiro atoms. The number of aromatic nitrogens is 3. The summed E-state index contributed by atoms with van der Waals surface area (Å²) in [6.07, 6.45) is 4.78. The van der Waals surface area contributed by atoms with Gasteiger partial charge in [0.1, 0.15) is 11.4 Å². The van der Waals surface area contributed by atoms with Crippen molar-refractivity contribution in [3.63, 3.8) is 0 Å². The zero-order chi connectivity index (χ0) is 26.6. The second-order valence-corrected chi connectivity index (χ2v) is 11.0. The van der Waals surface area contributed by atoms with Crippen LogP contribution in [0.1, 0.15) is 76.1 Å². The molecule has 1 saturated heterocycles. The van der Waals surface area contributed by atoms with Crippen molar-refractivity contribution in [2.75, 3.05) is 13.1 Å². The SMILES string of the molecule is CC(C)n1ncc2c1C(=O)CC1(CCN(C(=O)c3cc4ccc(-c5cccc(C(=O)O)c5)cc4[nH]3)CC1)C2. The van der Waals surface area contributed by atoms with Crippen LogP contribution in [0.25, 0.3) is 22.0 Å². The molecule has 4 aromatic rings. The van der Waals surface area contributed by atoms with Gasteiger partial charge in [0.15, 0.2) is 5.78 Å². The summed E-state index contributed by atoms with van der Waals surface area (Å²) in [6.45, 7) is 5.30. The van der Waals surface area contributed by atoms with E-state index in [-0.39, 0.29) is 28.7 Å². The maximum atomic E-state index is 13.4. The quantitative estimate of drug-likeness (QED) is 0.384. The molecule has 1 fully saturated rings. The van der Waals surface area contributed by atoms with Gasteiger partial charge in [-0.2, -0.15) is 5.10 Å². The minimum atomic E-state index is -0.965. The summed E-state index contributed by atoms with van der Waals surface area (Å²) in [4.78, 5) is 43.0. The molecule has 2 aliphatic rings. The van der Waals surface area contributed by atoms with Crippen molar-refractivity contribution in [2.24, 2.45) is 5.41 Å². The average molecular weight is 511 g/mol. The topological polar surface area (TPSA) is 108 Å². The largest absolute Gasteiger partial charge is 0.478 e. The Morgan fingerprint density at radius 2 is 1.79 bits per heavy atom. The Labute approximate surface area is 220 Å². The van der Waals surface area contributed by atoms with E-state index in [1.165, 1.54) is 0 Å². The van der Waals surface area contributed by atoms with Crippen molar-refractivity contribution in [2.45, 2.75) is 45.6 Å². The van der Waals surface area contributed by atoms with Gasteiger partial charge >= 0.3 is 5.97 Å². The molecule has 1 aliphatic heterocycles. The number of aromatic amines is 1. The van der Waals surface area contributed by atoms with Crippen molar-refractivity contribution in [3.05, 3.63) is 77.2 Å². The molecule has 0 unspecified atom stereocenters. The fourth-order valence-corrected chi connectivity index (χ4v) is 6.08. The molecule has 0 radical (unpaired) electrons. The van der Waals surface area contributed by atoms with Crippen molar-refractivity contribution in [1.82, 2.24) is 19.7 Å². The second kappa shape index (κ2) is 8.97. The van der Waals surface area contributed by atoms with Gasteiger partial charge < -0.3 is 15.0 Å². The van der Waals surface area contributed by atoms with Crippen molar-refractivity contribution in [3.8, 4) is 11.1 Å². The Hall–Kier alpha value is -4.20. The van der Waals surface area contributed by atoms with E-state index in [0.29, 0.717) is 25.2 Å². The normalized spacial score (nSPS) is 16.8. The molecule has 2 N–H and O–H groups in total. The highest BCUT2D eigenvalue weighted by molar-refractivity contribution is 5.99. The maximum Gasteiger partial charge on any atom is 0.335 e. The molecule has 6 rings (SSSR count). The van der Waals surface area contributed by atoms with Gasteiger partial charge in [0.2, 0.25) is 0 Å². The Balaban J connectivity index is 1.18. The van der Waals surface area contributed by atoms with Gasteiger partial charge in [-0.05, 0) is 73.9 Å². The molecule has 0 atom stereocenters. The Morgan fingerprint density at radius 3 is 2.53 bits per heavy atom. The summed E-state index contributed by atoms with van der Waals surface area (Å²) in [7, 11) is 0. The van der Waals surface area contributed by atoms with Gasteiger partial charge in [0.05, 0.1) is 11.8 Å². The van der Waals surface area contributed by atoms with Crippen LogP contribution in [0.3, 0.4) is 0 Å². The molecule has 8 heteroatoms. The van der Waals surface area contributed by atoms with E-state index in [1.54, 1.807) is 18.2 Å². The lowest BCUT2D eigenvalue weighted by atomic mass is 9.67. The maximum absolute atomic E-state index is 13.4. The standard InChI is InChI=1S/C30H30N4O4/c1-18(2)34-27-23(17-31-34)15-30(16-26(27)35)8-10-33(11-9-30)28(36)25-14-21-7-6-20(13-24(21)32-25)19-4-3-5-22(12-19)29(37)38/h3-7,12-14,17-18,32H,8-11,15-16H2,1-2H3,(H,37,38). The summed E-state index contributed by atoms with van der Waals surface area (Å²) < 4.78 is 1.84. The summed E-state index contributed by atoms with van der Waals surface area (Å²) in [5, 5.41) is 14.7. The number of benzene rings is 2. The van der Waals surface area contributed by atoms with Gasteiger partial charge in [-0.3, -0.25) is 14.3 Å². The highest BCUT2D eigenvalue weighted by atomic mass is 16.4. The predicted molar refractivity (Wildman–Crippen MR) is 144 cm³/mol. The molecule has 8 nitrogen and oxygen atoms in total. The van der Waals surface area contributed by atoms with Crippen molar-refractivity contribution in [1.29, 1.82) is 0 Å². The lowest BCUT2D eigenvalue weighted by Crippen LogP contribution is -2.46. The number of aromatic carboxylic acids is 1. The lowest BCUT2D eigenvalue weighted by molar-refractivity contribution is 0.0513. The van der Waals surface area contributed by atoms with Crippen LogP contribution in [0.15, 0.2) is 54.7 Å². The van der Waals surface area contributed by atoms with E-state index in [9.17, 15) is 19.5 Å². The number of nitrogens with zero attached hydrogens (tertiary/aromatic N) is 3. The van der Waals surface area contributed by atoms with Gasteiger partial charge in [-0.25, -0.2) is 4.79 Å². The fourth-order valence-electron chi connectivity index (χ4n) is 6.08. The second-order valence-electron chi connectivity index (χ2n) is 11.0. The zero-order valence-electron chi connectivity index (χ0n) is 21.5. The van der Waals surface area contributed by atoms with E-state index in [4.69, 9.17) is 0 Å². The molecule has 2 aromatic heterocycles. The fraction of sp³-hybridized carbons (Fsp3) is 0.333. The number of ketones is 1. The highest BCUT2D eigenvalue weighted by Crippen LogP contribution is 2.44. The molecule has 1 amide bonds. The van der Waals surface area contributed by atoms with E-state index in [1.807, 2.05) is 60.0 Å². The first-order valence-electron chi connectivity index (χ1n) is 13.1. The molecule has 3 heterocycles. The summed E-state index contributed by atoms with van der Waals surface area (Å²) >= 11 is 0. The van der Waals surface area contributed by atoms with Crippen molar-refractivity contribution >= 4 is 28.6 Å². The lowest BCUT2D eigenvalue weighted by Gasteiger charge is -2.43. The number of hydrogen-bond acceptors (Lipinski definition) is 4. The molecule has 0 bridgehead atoms. The first-order chi connectivity index (χ1) is 18.2. The van der Waals surface area contributed by atoms with Crippen molar-refractivity contribution < 1.29 is 19.5 Å². The Kier molecular flexibility index (Phi) is 5.70. The van der Waals surface area contributed by atoms with Crippen LogP contribution >= 0.6 is 0 Å². The average Bonchev–Trinajstić information content (AvgIpc) is 3.53. The number of nitrogens with one attached hydrogen (secondary N) is 1. The number of amides is 1. The molecule has 38 heavy (non-hydrogen) atoms. The van der Waals surface area contributed by atoms with Gasteiger partial charge in [-0.1, -0.05) is 24.3 Å². The number of piperidine rings is 1. The summed E-state index contributed by atoms with van der Waals surface area (Å²) in [5.74, 6) is -0.842. The third kappa shape index (κ3) is 4.10. The van der Waals surface area contributed by atoms with Crippen LogP contribution in [-0.2, 0) is 6.42 Å². The Bertz CT molecular complexity index is 1590. The van der Waals surface area contributed by atoms with E-state index in [2.05, 4.69) is 10.1 Å². The number of hydrogen-bond donors (Lipinski definition) is 2. The smallest absolute Gasteiger partial charge is 0.335 e. The van der Waals surface area contributed by atoms with Crippen LogP contribution in [-0.4, -0.2) is 55.5 Å². The number of rotatable bonds is 4. The molecular formula is C30H30N4O4. The van der Waals surface area contributed by atoms with Gasteiger partial charge in [0, 0.05) is 42.0 Å². The summed E-state index contributed by atoms with van der Waals surface area (Å²) in [5.41, 5.74) is 4.97. The van der Waals surface area contributed by atoms with Gasteiger partial charge in [0.25, 0.3) is 5.91 Å². The van der Waals surface area contributed by atoms with Gasteiger partial charge in [-0.15, -0.1) is 0 Å². The van der Waals surface area contributed by atoms with E-state index >= 15 is 0 Å². The minimum Gasteiger partial charge on any atom is -0.478 e. The minimum absolute atomic E-state index is 0.0408. The van der Waals surface area contributed by atoms with Crippen LogP contribution in [0.4, 0.5) is 0 Å². The number of carbonyl (C=O) groups is 3. The third-order valence-electron chi connectivity index (χ3n) is 8.13. The predicted octanol–water partition coefficient (Wildman–Crippen LogP) is 5.36. The van der Waals surface area contributed by atoms with Crippen LogP contribution in [0.5, 0.6) is 0 Å². The summed E-state index contributed by atoms with van der Waals surface area (Å²) in [6, 6.07) is 14.7. The number of Topliss-reactive ketones (excluding diaryl/α,β-unsaturated/α-hetero) is 1. The number of likely N-dealkylation sites (tertiary alicyclic amines) is 1. The van der Waals surface area contributed by atoms with E-state index < -0.39 is 5.97 Å². The number of carbonyl (C=O) groups excluding carboxylic acids is 2. The zero-order valence-corrected chi connectivity index (χ0v) is 21.5. The molecular weight excluding hydrogens is 480 g/mol. The van der Waals surface area contributed by atoms with Crippen LogP contribution in [0, 0.1) is 5.41 Å². The molecule has 2 aromatic carbocycles. The molecule has 0 saturated carbocycles.